The van der Waals surface area contributed by atoms with Crippen LogP contribution in [0.2, 0.25) is 0 Å². The van der Waals surface area contributed by atoms with Gasteiger partial charge in [0.05, 0.1) is 0 Å². The van der Waals surface area contributed by atoms with Crippen LogP contribution in [0.3, 0.4) is 0 Å². The van der Waals surface area contributed by atoms with Crippen LogP contribution in [0.5, 0.6) is 17.2 Å². The Morgan fingerprint density at radius 3 is 0.563 bits per heavy atom. The Hall–Kier alpha value is -2.71. The summed E-state index contributed by atoms with van der Waals surface area (Å²) in [5.41, 5.74) is 3.82. The van der Waals surface area contributed by atoms with E-state index in [1.807, 2.05) is 36.4 Å². The average Bonchev–Trinajstić information content (AvgIpc) is 3.38. The van der Waals surface area contributed by atoms with Gasteiger partial charge in [-0.25, -0.2) is 0 Å². The first-order valence-electron chi connectivity index (χ1n) is 31.0. The molecule has 0 fully saturated rings. The third-order valence-corrected chi connectivity index (χ3v) is 16.2. The van der Waals surface area contributed by atoms with Crippen LogP contribution in [-0.4, -0.2) is 0 Å². The van der Waals surface area contributed by atoms with Gasteiger partial charge in [-0.1, -0.05) is 308 Å². The monoisotopic (exact) mass is 999 g/mol. The molecule has 5 heteroatoms. The SMILES string of the molecule is CCCCCCCCCCCCCCCCc1ccc(OP(=O)(Oc2ccc(CCCCCCCCCCCCCCCC)cc2)Oc2ccc(CCCCCCCCCCCCCCCC)cc2)cc1. The normalized spacial score (nSPS) is 11.6. The Balaban J connectivity index is 1.42. The Bertz CT molecular complexity index is 1440. The van der Waals surface area contributed by atoms with Gasteiger partial charge in [0.15, 0.2) is 0 Å². The van der Waals surface area contributed by atoms with Crippen LogP contribution in [0.4, 0.5) is 0 Å². The molecule has 0 aliphatic rings. The fourth-order valence-corrected chi connectivity index (χ4v) is 11.4. The number of aryl methyl sites for hydroxylation is 3. The lowest BCUT2D eigenvalue weighted by Gasteiger charge is -2.20. The lowest BCUT2D eigenvalue weighted by Crippen LogP contribution is -2.08. The molecule has 0 heterocycles. The molecule has 0 aliphatic heterocycles. The molecule has 3 aromatic carbocycles. The van der Waals surface area contributed by atoms with Crippen LogP contribution in [0, 0.1) is 0 Å². The summed E-state index contributed by atoms with van der Waals surface area (Å²) in [6, 6.07) is 24.1. The van der Waals surface area contributed by atoms with Gasteiger partial charge in [-0.15, -0.1) is 0 Å². The Kier molecular flexibility index (Phi) is 39.4. The van der Waals surface area contributed by atoms with Crippen molar-refractivity contribution in [1.82, 2.24) is 0 Å². The summed E-state index contributed by atoms with van der Waals surface area (Å²) in [6.07, 6.45) is 60.6. The van der Waals surface area contributed by atoms with E-state index in [-0.39, 0.29) is 0 Å². The average molecular weight is 1000 g/mol. The molecule has 0 spiro atoms. The van der Waals surface area contributed by atoms with E-state index in [0.29, 0.717) is 17.2 Å². The van der Waals surface area contributed by atoms with Crippen LogP contribution >= 0.6 is 7.82 Å². The highest BCUT2D eigenvalue weighted by atomic mass is 31.2. The van der Waals surface area contributed by atoms with Crippen molar-refractivity contribution in [3.05, 3.63) is 89.5 Å². The number of unbranched alkanes of at least 4 members (excludes halogenated alkanes) is 39. The van der Waals surface area contributed by atoms with E-state index in [2.05, 4.69) is 57.2 Å². The zero-order valence-corrected chi connectivity index (χ0v) is 47.7. The van der Waals surface area contributed by atoms with Crippen molar-refractivity contribution in [3.63, 3.8) is 0 Å². The van der Waals surface area contributed by atoms with Crippen molar-refractivity contribution >= 4 is 7.82 Å². The second kappa shape index (κ2) is 44.7. The van der Waals surface area contributed by atoms with Gasteiger partial charge in [0.1, 0.15) is 17.2 Å². The van der Waals surface area contributed by atoms with Gasteiger partial charge in [-0.3, -0.25) is 0 Å². The smallest absolute Gasteiger partial charge is 0.386 e. The summed E-state index contributed by atoms with van der Waals surface area (Å²) in [7, 11) is -4.09. The molecular weight excluding hydrogens is 888 g/mol. The molecule has 404 valence electrons. The Labute approximate surface area is 440 Å². The maximum absolute atomic E-state index is 14.6. The van der Waals surface area contributed by atoms with E-state index in [0.717, 1.165) is 19.3 Å². The van der Waals surface area contributed by atoms with Gasteiger partial charge in [0.25, 0.3) is 0 Å². The maximum atomic E-state index is 14.6. The molecule has 0 atom stereocenters. The first-order valence-corrected chi connectivity index (χ1v) is 32.4. The molecular formula is C66H111O4P. The van der Waals surface area contributed by atoms with E-state index in [1.54, 1.807) is 0 Å². The molecule has 0 aliphatic carbocycles. The fourth-order valence-electron chi connectivity index (χ4n) is 10.2. The van der Waals surface area contributed by atoms with Gasteiger partial charge < -0.3 is 13.6 Å². The number of hydrogen-bond acceptors (Lipinski definition) is 4. The van der Waals surface area contributed by atoms with E-state index < -0.39 is 7.82 Å². The van der Waals surface area contributed by atoms with Crippen molar-refractivity contribution in [3.8, 4) is 17.2 Å². The highest BCUT2D eigenvalue weighted by Crippen LogP contribution is 2.50. The molecule has 0 saturated carbocycles. The summed E-state index contributed by atoms with van der Waals surface area (Å²) in [4.78, 5) is 0. The molecule has 0 unspecified atom stereocenters. The van der Waals surface area contributed by atoms with Crippen molar-refractivity contribution in [2.45, 2.75) is 310 Å². The van der Waals surface area contributed by atoms with Crippen molar-refractivity contribution in [2.24, 2.45) is 0 Å². The van der Waals surface area contributed by atoms with Crippen LogP contribution in [0.15, 0.2) is 72.8 Å². The number of rotatable bonds is 51. The standard InChI is InChI=1S/C66H111O4P/c1-4-7-10-13-16-19-22-25-28-31-34-37-40-43-46-61-49-55-64(56-50-61)68-71(67,69-65-57-51-62(52-58-65)47-44-41-38-35-32-29-26-23-20-17-14-11-8-5-2)70-66-59-53-63(54-60-66)48-45-42-39-36-33-30-27-24-21-18-15-12-9-6-3/h49-60H,4-48H2,1-3H3. The Morgan fingerprint density at radius 2 is 0.394 bits per heavy atom. The topological polar surface area (TPSA) is 44.8 Å². The lowest BCUT2D eigenvalue weighted by molar-refractivity contribution is 0.298. The molecule has 0 amide bonds. The number of benzene rings is 3. The second-order valence-electron chi connectivity index (χ2n) is 21.7. The molecule has 3 rings (SSSR count). The summed E-state index contributed by atoms with van der Waals surface area (Å²) in [5, 5.41) is 0. The molecule has 0 aromatic heterocycles. The molecule has 3 aromatic rings. The third-order valence-electron chi connectivity index (χ3n) is 14.9. The van der Waals surface area contributed by atoms with Gasteiger partial charge in [0.2, 0.25) is 0 Å². The van der Waals surface area contributed by atoms with Crippen LogP contribution < -0.4 is 13.6 Å². The molecule has 0 radical (unpaired) electrons. The van der Waals surface area contributed by atoms with Crippen LogP contribution in [-0.2, 0) is 23.8 Å². The number of phosphoric acid groups is 1. The maximum Gasteiger partial charge on any atom is 0.647 e. The summed E-state index contributed by atoms with van der Waals surface area (Å²) in [6.45, 7) is 6.88. The van der Waals surface area contributed by atoms with Gasteiger partial charge in [-0.2, -0.15) is 4.57 Å². The molecule has 71 heavy (non-hydrogen) atoms. The van der Waals surface area contributed by atoms with Gasteiger partial charge in [-0.05, 0) is 91.6 Å². The van der Waals surface area contributed by atoms with Crippen LogP contribution in [0.25, 0.3) is 0 Å². The van der Waals surface area contributed by atoms with E-state index in [9.17, 15) is 4.57 Å². The molecule has 0 N–H and O–H groups in total. The van der Waals surface area contributed by atoms with Crippen molar-refractivity contribution < 1.29 is 18.1 Å². The zero-order chi connectivity index (χ0) is 50.4. The zero-order valence-electron chi connectivity index (χ0n) is 46.8. The quantitative estimate of drug-likeness (QED) is 0.0418. The van der Waals surface area contributed by atoms with E-state index in [1.165, 1.54) is 286 Å². The first kappa shape index (κ1) is 62.6. The van der Waals surface area contributed by atoms with Gasteiger partial charge in [0, 0.05) is 0 Å². The van der Waals surface area contributed by atoms with Crippen molar-refractivity contribution in [1.29, 1.82) is 0 Å². The highest BCUT2D eigenvalue weighted by Gasteiger charge is 2.33. The lowest BCUT2D eigenvalue weighted by atomic mass is 10.0. The van der Waals surface area contributed by atoms with Crippen molar-refractivity contribution in [2.75, 3.05) is 0 Å². The number of hydrogen-bond donors (Lipinski definition) is 0. The number of phosphoric ester groups is 1. The largest absolute Gasteiger partial charge is 0.647 e. The van der Waals surface area contributed by atoms with E-state index >= 15 is 0 Å². The van der Waals surface area contributed by atoms with Gasteiger partial charge >= 0.3 is 7.82 Å². The third kappa shape index (κ3) is 35.2. The Morgan fingerprint density at radius 1 is 0.239 bits per heavy atom. The first-order chi connectivity index (χ1) is 35.0. The fraction of sp³-hybridized carbons (Fsp3) is 0.727. The van der Waals surface area contributed by atoms with E-state index in [4.69, 9.17) is 13.6 Å². The highest BCUT2D eigenvalue weighted by molar-refractivity contribution is 7.49. The molecule has 0 saturated heterocycles. The molecule has 0 bridgehead atoms. The van der Waals surface area contributed by atoms with Crippen LogP contribution in [0.1, 0.15) is 307 Å². The minimum atomic E-state index is -4.09. The molecule has 4 nitrogen and oxygen atoms in total. The predicted octanol–water partition coefficient (Wildman–Crippen LogP) is 23.4. The summed E-state index contributed by atoms with van der Waals surface area (Å²) >= 11 is 0. The minimum Gasteiger partial charge on any atom is -0.386 e. The second-order valence-corrected chi connectivity index (χ2v) is 23.1. The summed E-state index contributed by atoms with van der Waals surface area (Å²) in [5.74, 6) is 1.46. The minimum absolute atomic E-state index is 0.488. The summed E-state index contributed by atoms with van der Waals surface area (Å²) < 4.78 is 33.1. The predicted molar refractivity (Wildman–Crippen MR) is 311 cm³/mol.